The fourth-order valence-corrected chi connectivity index (χ4v) is 3.37. The van der Waals surface area contributed by atoms with E-state index in [-0.39, 0.29) is 17.2 Å². The van der Waals surface area contributed by atoms with Crippen molar-refractivity contribution in [2.24, 2.45) is 0 Å². The van der Waals surface area contributed by atoms with Crippen molar-refractivity contribution in [1.29, 1.82) is 0 Å². The van der Waals surface area contributed by atoms with Gasteiger partial charge >= 0.3 is 0 Å². The molecule has 3 aromatic rings. The van der Waals surface area contributed by atoms with E-state index >= 15 is 0 Å². The molecule has 0 spiro atoms. The monoisotopic (exact) mass is 409 g/mol. The predicted octanol–water partition coefficient (Wildman–Crippen LogP) is 3.88. The van der Waals surface area contributed by atoms with Crippen molar-refractivity contribution in [3.63, 3.8) is 0 Å². The molecule has 1 amide bonds. The summed E-state index contributed by atoms with van der Waals surface area (Å²) in [4.78, 5) is 27.7. The standard InChI is InChI=1S/C23H27N3O4/c1-5-6-9-14-26-22(27)18-11-8-7-10-17(18)21(24-26)23(28)25(2)16-12-13-19(29-3)20(15-16)30-4/h7-8,10-13,15H,5-6,9,14H2,1-4H3. The van der Waals surface area contributed by atoms with Gasteiger partial charge in [-0.05, 0) is 24.6 Å². The lowest BCUT2D eigenvalue weighted by Gasteiger charge is -2.20. The normalized spacial score (nSPS) is 10.8. The zero-order chi connectivity index (χ0) is 21.7. The highest BCUT2D eigenvalue weighted by Gasteiger charge is 2.21. The maximum absolute atomic E-state index is 13.4. The molecule has 0 saturated heterocycles. The maximum atomic E-state index is 13.4. The summed E-state index contributed by atoms with van der Waals surface area (Å²) in [5.74, 6) is 0.801. The second-order valence-corrected chi connectivity index (χ2v) is 7.03. The van der Waals surface area contributed by atoms with Gasteiger partial charge in [-0.25, -0.2) is 4.68 Å². The number of ether oxygens (including phenoxy) is 2. The molecule has 0 N–H and O–H groups in total. The topological polar surface area (TPSA) is 73.7 Å². The molecule has 1 aromatic heterocycles. The van der Waals surface area contributed by atoms with Gasteiger partial charge in [-0.1, -0.05) is 38.0 Å². The number of aromatic nitrogens is 2. The molecule has 0 aliphatic heterocycles. The van der Waals surface area contributed by atoms with Crippen LogP contribution in [0, 0.1) is 0 Å². The Morgan fingerprint density at radius 2 is 1.73 bits per heavy atom. The first-order chi connectivity index (χ1) is 14.5. The molecule has 0 saturated carbocycles. The molecule has 3 rings (SSSR count). The van der Waals surface area contributed by atoms with E-state index in [9.17, 15) is 9.59 Å². The minimum absolute atomic E-state index is 0.174. The van der Waals surface area contributed by atoms with E-state index in [4.69, 9.17) is 9.47 Å². The summed E-state index contributed by atoms with van der Waals surface area (Å²) in [5, 5.41) is 5.49. The maximum Gasteiger partial charge on any atom is 0.279 e. The third kappa shape index (κ3) is 4.15. The zero-order valence-corrected chi connectivity index (χ0v) is 17.8. The lowest BCUT2D eigenvalue weighted by molar-refractivity contribution is 0.0987. The fraction of sp³-hybridized carbons (Fsp3) is 0.348. The highest BCUT2D eigenvalue weighted by Crippen LogP contribution is 2.31. The van der Waals surface area contributed by atoms with Crippen LogP contribution in [0.1, 0.15) is 36.7 Å². The van der Waals surface area contributed by atoms with Gasteiger partial charge in [-0.2, -0.15) is 5.10 Å². The van der Waals surface area contributed by atoms with E-state index in [0.29, 0.717) is 34.5 Å². The number of hydrogen-bond acceptors (Lipinski definition) is 5. The van der Waals surface area contributed by atoms with Gasteiger partial charge in [0.15, 0.2) is 17.2 Å². The Hall–Kier alpha value is -3.35. The van der Waals surface area contributed by atoms with Crippen molar-refractivity contribution < 1.29 is 14.3 Å². The fourth-order valence-electron chi connectivity index (χ4n) is 3.37. The summed E-state index contributed by atoms with van der Waals surface area (Å²) < 4.78 is 12.0. The molecule has 1 heterocycles. The first kappa shape index (κ1) is 21.4. The van der Waals surface area contributed by atoms with Gasteiger partial charge in [-0.15, -0.1) is 0 Å². The van der Waals surface area contributed by atoms with E-state index in [2.05, 4.69) is 12.0 Å². The van der Waals surface area contributed by atoms with Crippen molar-refractivity contribution in [3.8, 4) is 11.5 Å². The van der Waals surface area contributed by atoms with Gasteiger partial charge in [-0.3, -0.25) is 9.59 Å². The molecule has 0 bridgehead atoms. The van der Waals surface area contributed by atoms with Gasteiger partial charge < -0.3 is 14.4 Å². The van der Waals surface area contributed by atoms with E-state index in [1.54, 1.807) is 63.7 Å². The minimum Gasteiger partial charge on any atom is -0.493 e. The summed E-state index contributed by atoms with van der Waals surface area (Å²) in [6.45, 7) is 2.58. The lowest BCUT2D eigenvalue weighted by atomic mass is 10.1. The third-order valence-electron chi connectivity index (χ3n) is 5.10. The molecule has 0 aliphatic carbocycles. The number of benzene rings is 2. The van der Waals surface area contributed by atoms with E-state index in [1.165, 1.54) is 9.58 Å². The largest absolute Gasteiger partial charge is 0.493 e. The lowest BCUT2D eigenvalue weighted by Crippen LogP contribution is -2.32. The molecule has 30 heavy (non-hydrogen) atoms. The average Bonchev–Trinajstić information content (AvgIpc) is 2.79. The van der Waals surface area contributed by atoms with Crippen molar-refractivity contribution in [2.45, 2.75) is 32.7 Å². The molecule has 0 aliphatic rings. The molecular weight excluding hydrogens is 382 g/mol. The number of carbonyl (C=O) groups excluding carboxylic acids is 1. The highest BCUT2D eigenvalue weighted by molar-refractivity contribution is 6.12. The van der Waals surface area contributed by atoms with Gasteiger partial charge in [0, 0.05) is 30.7 Å². The average molecular weight is 409 g/mol. The summed E-state index contributed by atoms with van der Waals surface area (Å²) in [7, 11) is 4.78. The van der Waals surface area contributed by atoms with Crippen molar-refractivity contribution in [2.75, 3.05) is 26.2 Å². The summed E-state index contributed by atoms with van der Waals surface area (Å²) >= 11 is 0. The number of hydrogen-bond donors (Lipinski definition) is 0. The Labute approximate surface area is 175 Å². The van der Waals surface area contributed by atoms with Crippen LogP contribution in [-0.2, 0) is 6.54 Å². The van der Waals surface area contributed by atoms with Crippen LogP contribution in [0.2, 0.25) is 0 Å². The van der Waals surface area contributed by atoms with Crippen LogP contribution in [0.5, 0.6) is 11.5 Å². The van der Waals surface area contributed by atoms with Gasteiger partial charge in [0.1, 0.15) is 0 Å². The van der Waals surface area contributed by atoms with Crippen molar-refractivity contribution in [1.82, 2.24) is 9.78 Å². The molecule has 0 radical (unpaired) electrons. The van der Waals surface area contributed by atoms with Gasteiger partial charge in [0.2, 0.25) is 0 Å². The van der Waals surface area contributed by atoms with Crippen molar-refractivity contribution >= 4 is 22.4 Å². The third-order valence-corrected chi connectivity index (χ3v) is 5.10. The minimum atomic E-state index is -0.303. The smallest absolute Gasteiger partial charge is 0.279 e. The van der Waals surface area contributed by atoms with Crippen molar-refractivity contribution in [3.05, 3.63) is 58.5 Å². The Balaban J connectivity index is 2.05. The summed E-state index contributed by atoms with van der Waals surface area (Å²) in [6.07, 6.45) is 2.87. The highest BCUT2D eigenvalue weighted by atomic mass is 16.5. The molecule has 7 nitrogen and oxygen atoms in total. The number of carbonyl (C=O) groups is 1. The van der Waals surface area contributed by atoms with Gasteiger partial charge in [0.25, 0.3) is 11.5 Å². The molecule has 2 aromatic carbocycles. The van der Waals surface area contributed by atoms with Crippen LogP contribution in [0.25, 0.3) is 10.8 Å². The second-order valence-electron chi connectivity index (χ2n) is 7.03. The molecule has 7 heteroatoms. The van der Waals surface area contributed by atoms with Crippen LogP contribution in [0.4, 0.5) is 5.69 Å². The quantitative estimate of drug-likeness (QED) is 0.528. The van der Waals surface area contributed by atoms with Crippen LogP contribution >= 0.6 is 0 Å². The molecule has 158 valence electrons. The number of methoxy groups -OCH3 is 2. The number of fused-ring (bicyclic) bond motifs is 1. The Morgan fingerprint density at radius 1 is 1.03 bits per heavy atom. The molecule has 0 atom stereocenters. The second kappa shape index (κ2) is 9.43. The molecular formula is C23H27N3O4. The predicted molar refractivity (Wildman–Crippen MR) is 118 cm³/mol. The van der Waals surface area contributed by atoms with Crippen LogP contribution in [0.15, 0.2) is 47.3 Å². The summed E-state index contributed by atoms with van der Waals surface area (Å²) in [5.41, 5.74) is 0.707. The number of anilines is 1. The van der Waals surface area contributed by atoms with Crippen LogP contribution in [0.3, 0.4) is 0 Å². The van der Waals surface area contributed by atoms with E-state index in [1.807, 2.05) is 0 Å². The summed E-state index contributed by atoms with van der Waals surface area (Å²) in [6, 6.07) is 12.4. The Bertz CT molecular complexity index is 1110. The number of unbranched alkanes of at least 4 members (excludes halogenated alkanes) is 2. The van der Waals surface area contributed by atoms with E-state index in [0.717, 1.165) is 19.3 Å². The molecule has 0 unspecified atom stereocenters. The SMILES string of the molecule is CCCCCn1nc(C(=O)N(C)c2ccc(OC)c(OC)c2)c2ccccc2c1=O. The Morgan fingerprint density at radius 3 is 2.40 bits per heavy atom. The Kier molecular flexibility index (Phi) is 6.72. The number of amides is 1. The van der Waals surface area contributed by atoms with Crippen LogP contribution < -0.4 is 19.9 Å². The van der Waals surface area contributed by atoms with Crippen LogP contribution in [-0.4, -0.2) is 37.0 Å². The number of nitrogens with zero attached hydrogens (tertiary/aromatic N) is 3. The number of rotatable bonds is 8. The first-order valence-electron chi connectivity index (χ1n) is 10.0. The number of aryl methyl sites for hydroxylation is 1. The zero-order valence-electron chi connectivity index (χ0n) is 17.8. The molecule has 0 fully saturated rings. The van der Waals surface area contributed by atoms with Gasteiger partial charge in [0.05, 0.1) is 19.6 Å². The first-order valence-corrected chi connectivity index (χ1v) is 10.0. The van der Waals surface area contributed by atoms with E-state index < -0.39 is 0 Å².